The minimum Gasteiger partial charge on any atom is -0.364 e. The van der Waals surface area contributed by atoms with Crippen LogP contribution in [-0.2, 0) is 6.42 Å². The number of amides is 1. The van der Waals surface area contributed by atoms with Crippen LogP contribution in [0.4, 0.5) is 0 Å². The Bertz CT molecular complexity index is 820. The largest absolute Gasteiger partial charge is 0.364 e. The standard InChI is InChI=1S/C18H19N5O2/c24-18(17-8-11-25-20-17)22-9-6-16(7-10-22)23-13-15(19-21-23)12-14-4-2-1-3-5-14/h1-5,8,11,13,16H,6-7,9-10,12H2. The maximum Gasteiger partial charge on any atom is 0.276 e. The lowest BCUT2D eigenvalue weighted by molar-refractivity contribution is 0.0679. The van der Waals surface area contributed by atoms with Gasteiger partial charge in [0, 0.05) is 31.8 Å². The molecule has 1 saturated heterocycles. The van der Waals surface area contributed by atoms with Gasteiger partial charge in [0.15, 0.2) is 5.69 Å². The Morgan fingerprint density at radius 1 is 1.16 bits per heavy atom. The lowest BCUT2D eigenvalue weighted by atomic mass is 10.0. The van der Waals surface area contributed by atoms with Gasteiger partial charge in [-0.25, -0.2) is 4.68 Å². The van der Waals surface area contributed by atoms with Crippen molar-refractivity contribution in [3.63, 3.8) is 0 Å². The number of carbonyl (C=O) groups is 1. The lowest BCUT2D eigenvalue weighted by Gasteiger charge is -2.31. The average molecular weight is 337 g/mol. The first-order chi connectivity index (χ1) is 12.3. The first-order valence-electron chi connectivity index (χ1n) is 8.44. The molecule has 0 saturated carbocycles. The number of hydrogen-bond donors (Lipinski definition) is 0. The Kier molecular flexibility index (Phi) is 4.28. The number of aromatic nitrogens is 4. The molecular weight excluding hydrogens is 318 g/mol. The number of piperidine rings is 1. The number of nitrogens with zero attached hydrogens (tertiary/aromatic N) is 5. The van der Waals surface area contributed by atoms with E-state index in [0.717, 1.165) is 25.0 Å². The monoisotopic (exact) mass is 337 g/mol. The molecule has 1 aliphatic rings. The average Bonchev–Trinajstić information content (AvgIpc) is 3.34. The molecule has 1 fully saturated rings. The molecule has 3 aromatic rings. The van der Waals surface area contributed by atoms with Gasteiger partial charge < -0.3 is 9.42 Å². The van der Waals surface area contributed by atoms with E-state index in [9.17, 15) is 4.79 Å². The van der Waals surface area contributed by atoms with Crippen LogP contribution < -0.4 is 0 Å². The number of likely N-dealkylation sites (tertiary alicyclic amines) is 1. The molecule has 7 heteroatoms. The minimum atomic E-state index is -0.0736. The van der Waals surface area contributed by atoms with E-state index in [4.69, 9.17) is 4.52 Å². The molecule has 0 aliphatic carbocycles. The molecule has 0 radical (unpaired) electrons. The minimum absolute atomic E-state index is 0.0736. The van der Waals surface area contributed by atoms with Crippen molar-refractivity contribution < 1.29 is 9.32 Å². The highest BCUT2D eigenvalue weighted by Crippen LogP contribution is 2.23. The fourth-order valence-corrected chi connectivity index (χ4v) is 3.20. The van der Waals surface area contributed by atoms with E-state index >= 15 is 0 Å². The van der Waals surface area contributed by atoms with Crippen LogP contribution in [0.15, 0.2) is 53.4 Å². The van der Waals surface area contributed by atoms with Gasteiger partial charge in [-0.3, -0.25) is 4.79 Å². The number of carbonyl (C=O) groups excluding carboxylic acids is 1. The summed E-state index contributed by atoms with van der Waals surface area (Å²) in [7, 11) is 0. The van der Waals surface area contributed by atoms with Crippen molar-refractivity contribution in [2.75, 3.05) is 13.1 Å². The van der Waals surface area contributed by atoms with E-state index < -0.39 is 0 Å². The summed E-state index contributed by atoms with van der Waals surface area (Å²) in [6.45, 7) is 1.37. The highest BCUT2D eigenvalue weighted by Gasteiger charge is 2.26. The summed E-state index contributed by atoms with van der Waals surface area (Å²) >= 11 is 0. The summed E-state index contributed by atoms with van der Waals surface area (Å²) in [5.74, 6) is -0.0736. The van der Waals surface area contributed by atoms with Crippen LogP contribution in [0, 0.1) is 0 Å². The lowest BCUT2D eigenvalue weighted by Crippen LogP contribution is -2.39. The molecule has 0 N–H and O–H groups in total. The third-order valence-electron chi connectivity index (χ3n) is 4.57. The number of rotatable bonds is 4. The second-order valence-electron chi connectivity index (χ2n) is 6.26. The molecule has 3 heterocycles. The van der Waals surface area contributed by atoms with Gasteiger partial charge in [-0.05, 0) is 18.4 Å². The molecule has 4 rings (SSSR count). The molecule has 1 amide bonds. The summed E-state index contributed by atoms with van der Waals surface area (Å²) in [4.78, 5) is 14.1. The fourth-order valence-electron chi connectivity index (χ4n) is 3.20. The first kappa shape index (κ1) is 15.6. The highest BCUT2D eigenvalue weighted by molar-refractivity contribution is 5.92. The predicted octanol–water partition coefficient (Wildman–Crippen LogP) is 2.33. The Hall–Kier alpha value is -2.96. The van der Waals surface area contributed by atoms with Gasteiger partial charge in [0.1, 0.15) is 6.26 Å². The van der Waals surface area contributed by atoms with Crippen molar-refractivity contribution >= 4 is 5.91 Å². The van der Waals surface area contributed by atoms with Crippen molar-refractivity contribution in [1.29, 1.82) is 0 Å². The molecule has 0 bridgehead atoms. The molecule has 0 unspecified atom stereocenters. The van der Waals surface area contributed by atoms with E-state index in [1.807, 2.05) is 34.0 Å². The SMILES string of the molecule is O=C(c1ccon1)N1CCC(n2cc(Cc3ccccc3)nn2)CC1. The molecule has 0 spiro atoms. The predicted molar refractivity (Wildman–Crippen MR) is 89.9 cm³/mol. The maximum absolute atomic E-state index is 12.3. The molecular formula is C18H19N5O2. The molecule has 25 heavy (non-hydrogen) atoms. The van der Waals surface area contributed by atoms with Crippen molar-refractivity contribution in [3.8, 4) is 0 Å². The van der Waals surface area contributed by atoms with Gasteiger partial charge in [0.25, 0.3) is 5.91 Å². The van der Waals surface area contributed by atoms with Gasteiger partial charge >= 0.3 is 0 Å². The van der Waals surface area contributed by atoms with E-state index in [0.29, 0.717) is 18.8 Å². The summed E-state index contributed by atoms with van der Waals surface area (Å²) < 4.78 is 6.69. The maximum atomic E-state index is 12.3. The van der Waals surface area contributed by atoms with E-state index in [-0.39, 0.29) is 11.9 Å². The van der Waals surface area contributed by atoms with Crippen LogP contribution in [-0.4, -0.2) is 44.0 Å². The summed E-state index contributed by atoms with van der Waals surface area (Å²) in [6, 6.07) is 12.1. The quantitative estimate of drug-likeness (QED) is 0.730. The van der Waals surface area contributed by atoms with Gasteiger partial charge in [-0.15, -0.1) is 5.10 Å². The summed E-state index contributed by atoms with van der Waals surface area (Å²) in [5, 5.41) is 12.3. The highest BCUT2D eigenvalue weighted by atomic mass is 16.5. The van der Waals surface area contributed by atoms with E-state index in [1.165, 1.54) is 11.8 Å². The normalized spacial score (nSPS) is 15.4. The van der Waals surface area contributed by atoms with Crippen LogP contribution in [0.5, 0.6) is 0 Å². The molecule has 7 nitrogen and oxygen atoms in total. The molecule has 2 aromatic heterocycles. The third-order valence-corrected chi connectivity index (χ3v) is 4.57. The van der Waals surface area contributed by atoms with Gasteiger partial charge in [-0.2, -0.15) is 0 Å². The zero-order chi connectivity index (χ0) is 17.1. The molecule has 1 aliphatic heterocycles. The Morgan fingerprint density at radius 3 is 2.68 bits per heavy atom. The Labute approximate surface area is 145 Å². The van der Waals surface area contributed by atoms with Gasteiger partial charge in [0.2, 0.25) is 0 Å². The van der Waals surface area contributed by atoms with E-state index in [2.05, 4.69) is 27.6 Å². The van der Waals surface area contributed by atoms with Crippen molar-refractivity contribution in [2.45, 2.75) is 25.3 Å². The third kappa shape index (κ3) is 3.45. The number of benzene rings is 1. The van der Waals surface area contributed by atoms with Crippen molar-refractivity contribution in [3.05, 3.63) is 65.8 Å². The first-order valence-corrected chi connectivity index (χ1v) is 8.44. The van der Waals surface area contributed by atoms with Gasteiger partial charge in [-0.1, -0.05) is 40.7 Å². The van der Waals surface area contributed by atoms with Gasteiger partial charge in [0.05, 0.1) is 11.7 Å². The molecule has 128 valence electrons. The zero-order valence-corrected chi connectivity index (χ0v) is 13.8. The fraction of sp³-hybridized carbons (Fsp3) is 0.333. The van der Waals surface area contributed by atoms with Crippen LogP contribution in [0.2, 0.25) is 0 Å². The summed E-state index contributed by atoms with van der Waals surface area (Å²) in [6.07, 6.45) is 5.94. The van der Waals surface area contributed by atoms with Crippen LogP contribution in [0.3, 0.4) is 0 Å². The van der Waals surface area contributed by atoms with Crippen molar-refractivity contribution in [2.24, 2.45) is 0 Å². The molecule has 1 aromatic carbocycles. The smallest absolute Gasteiger partial charge is 0.276 e. The Morgan fingerprint density at radius 2 is 1.96 bits per heavy atom. The zero-order valence-electron chi connectivity index (χ0n) is 13.8. The van der Waals surface area contributed by atoms with Crippen LogP contribution in [0.25, 0.3) is 0 Å². The molecule has 0 atom stereocenters. The van der Waals surface area contributed by atoms with Crippen LogP contribution in [0.1, 0.15) is 40.6 Å². The summed E-state index contributed by atoms with van der Waals surface area (Å²) in [5.41, 5.74) is 2.55. The van der Waals surface area contributed by atoms with E-state index in [1.54, 1.807) is 6.07 Å². The second kappa shape index (κ2) is 6.88. The van der Waals surface area contributed by atoms with Crippen LogP contribution >= 0.6 is 0 Å². The topological polar surface area (TPSA) is 77.0 Å². The Balaban J connectivity index is 1.36. The number of hydrogen-bond acceptors (Lipinski definition) is 5. The second-order valence-corrected chi connectivity index (χ2v) is 6.26. The van der Waals surface area contributed by atoms with Crippen molar-refractivity contribution in [1.82, 2.24) is 25.1 Å².